The minimum Gasteiger partial charge on any atom is -0.491 e. The second kappa shape index (κ2) is 6.36. The molecule has 7 heteroatoms. The predicted octanol–water partition coefficient (Wildman–Crippen LogP) is 1.85. The number of nitro groups is 1. The largest absolute Gasteiger partial charge is 0.491 e. The molecule has 0 bridgehead atoms. The number of hydrogen-bond acceptors (Lipinski definition) is 5. The Morgan fingerprint density at radius 2 is 2.14 bits per heavy atom. The van der Waals surface area contributed by atoms with Gasteiger partial charge in [0.05, 0.1) is 23.4 Å². The molecule has 21 heavy (non-hydrogen) atoms. The third kappa shape index (κ3) is 3.79. The summed E-state index contributed by atoms with van der Waals surface area (Å²) in [4.78, 5) is 10.1. The lowest BCUT2D eigenvalue weighted by molar-refractivity contribution is -0.389. The van der Waals surface area contributed by atoms with E-state index in [1.54, 1.807) is 6.92 Å². The average molecular weight is 291 g/mol. The zero-order valence-electron chi connectivity index (χ0n) is 11.9. The van der Waals surface area contributed by atoms with E-state index in [0.29, 0.717) is 11.4 Å². The van der Waals surface area contributed by atoms with E-state index in [9.17, 15) is 15.2 Å². The summed E-state index contributed by atoms with van der Waals surface area (Å²) in [7, 11) is 0. The zero-order chi connectivity index (χ0) is 15.4. The topological polar surface area (TPSA) is 90.4 Å². The number of aliphatic hydroxyl groups excluding tert-OH is 1. The van der Waals surface area contributed by atoms with Crippen LogP contribution in [0.1, 0.15) is 11.3 Å². The van der Waals surface area contributed by atoms with Crippen LogP contribution in [0.25, 0.3) is 0 Å². The highest BCUT2D eigenvalue weighted by Gasteiger charge is 2.18. The molecule has 0 unspecified atom stereocenters. The molecule has 0 aliphatic rings. The van der Waals surface area contributed by atoms with Crippen molar-refractivity contribution < 1.29 is 14.8 Å². The Labute approximate surface area is 121 Å². The van der Waals surface area contributed by atoms with Crippen molar-refractivity contribution >= 4 is 5.82 Å². The van der Waals surface area contributed by atoms with Crippen LogP contribution in [0.15, 0.2) is 30.3 Å². The number of nitrogens with zero attached hydrogens (tertiary/aromatic N) is 3. The van der Waals surface area contributed by atoms with Gasteiger partial charge in [0.15, 0.2) is 0 Å². The van der Waals surface area contributed by atoms with Crippen LogP contribution in [0.4, 0.5) is 5.82 Å². The fourth-order valence-corrected chi connectivity index (χ4v) is 1.92. The summed E-state index contributed by atoms with van der Waals surface area (Å²) in [5, 5.41) is 24.4. The maximum atomic E-state index is 10.6. The molecule has 1 heterocycles. The van der Waals surface area contributed by atoms with Gasteiger partial charge in [-0.15, -0.1) is 0 Å². The van der Waals surface area contributed by atoms with Crippen molar-refractivity contribution in [2.45, 2.75) is 26.5 Å². The van der Waals surface area contributed by atoms with Crippen molar-refractivity contribution in [1.29, 1.82) is 0 Å². The van der Waals surface area contributed by atoms with Crippen molar-refractivity contribution in [1.82, 2.24) is 9.78 Å². The van der Waals surface area contributed by atoms with Crippen molar-refractivity contribution in [3.63, 3.8) is 0 Å². The Hall–Kier alpha value is -2.41. The van der Waals surface area contributed by atoms with Crippen LogP contribution in [0, 0.1) is 24.0 Å². The van der Waals surface area contributed by atoms with Gasteiger partial charge in [0.1, 0.15) is 18.5 Å². The molecule has 112 valence electrons. The van der Waals surface area contributed by atoms with Crippen LogP contribution in [-0.2, 0) is 6.54 Å². The second-order valence-electron chi connectivity index (χ2n) is 4.81. The standard InChI is InChI=1S/C14H17N3O4/c1-10-5-3-4-6-13(10)21-9-12(18)8-16-11(2)7-14(15-16)17(19)20/h3-7,12,18H,8-9H2,1-2H3/t12-/m0/s1. The van der Waals surface area contributed by atoms with E-state index in [2.05, 4.69) is 5.10 Å². The van der Waals surface area contributed by atoms with Crippen molar-refractivity contribution in [3.8, 4) is 5.75 Å². The molecule has 2 rings (SSSR count). The summed E-state index contributed by atoms with van der Waals surface area (Å²) in [5.41, 5.74) is 1.60. The summed E-state index contributed by atoms with van der Waals surface area (Å²) >= 11 is 0. The lowest BCUT2D eigenvalue weighted by Crippen LogP contribution is -2.25. The van der Waals surface area contributed by atoms with Crippen molar-refractivity contribution in [3.05, 3.63) is 51.7 Å². The third-order valence-electron chi connectivity index (χ3n) is 3.06. The first-order chi connectivity index (χ1) is 9.97. The molecular formula is C14H17N3O4. The average Bonchev–Trinajstić information content (AvgIpc) is 2.79. The smallest absolute Gasteiger partial charge is 0.390 e. The molecule has 0 amide bonds. The van der Waals surface area contributed by atoms with Gasteiger partial charge < -0.3 is 20.0 Å². The van der Waals surface area contributed by atoms with E-state index in [-0.39, 0.29) is 19.0 Å². The Bertz CT molecular complexity index is 639. The molecule has 1 N–H and O–H groups in total. The molecule has 1 atom stereocenters. The Morgan fingerprint density at radius 1 is 1.43 bits per heavy atom. The Morgan fingerprint density at radius 3 is 2.76 bits per heavy atom. The number of aliphatic hydroxyl groups is 1. The van der Waals surface area contributed by atoms with E-state index in [1.165, 1.54) is 10.7 Å². The minimum atomic E-state index is -0.803. The quantitative estimate of drug-likeness (QED) is 0.648. The van der Waals surface area contributed by atoms with Crippen LogP contribution in [0.3, 0.4) is 0 Å². The van der Waals surface area contributed by atoms with Crippen LogP contribution in [-0.4, -0.2) is 32.5 Å². The van der Waals surface area contributed by atoms with E-state index in [1.807, 2.05) is 31.2 Å². The summed E-state index contributed by atoms with van der Waals surface area (Å²) in [6.07, 6.45) is -0.803. The number of benzene rings is 1. The molecule has 0 spiro atoms. The maximum Gasteiger partial charge on any atom is 0.390 e. The summed E-state index contributed by atoms with van der Waals surface area (Å²) in [6.45, 7) is 3.86. The van der Waals surface area contributed by atoms with Crippen LogP contribution < -0.4 is 4.74 Å². The monoisotopic (exact) mass is 291 g/mol. The molecule has 1 aromatic carbocycles. The number of hydrogen-bond donors (Lipinski definition) is 1. The fourth-order valence-electron chi connectivity index (χ4n) is 1.92. The van der Waals surface area contributed by atoms with Gasteiger partial charge in [-0.25, -0.2) is 0 Å². The van der Waals surface area contributed by atoms with Crippen LogP contribution >= 0.6 is 0 Å². The third-order valence-corrected chi connectivity index (χ3v) is 3.06. The van der Waals surface area contributed by atoms with Crippen LogP contribution in [0.2, 0.25) is 0 Å². The SMILES string of the molecule is Cc1ccccc1OC[C@@H](O)Cn1nc([N+](=O)[O-])cc1C. The molecule has 0 fully saturated rings. The van der Waals surface area contributed by atoms with Gasteiger partial charge in [-0.1, -0.05) is 18.2 Å². The number of para-hydroxylation sites is 1. The van der Waals surface area contributed by atoms with Gasteiger partial charge in [0, 0.05) is 0 Å². The fraction of sp³-hybridized carbons (Fsp3) is 0.357. The van der Waals surface area contributed by atoms with Crippen molar-refractivity contribution in [2.75, 3.05) is 6.61 Å². The molecule has 0 saturated carbocycles. The Kier molecular flexibility index (Phi) is 4.54. The number of rotatable bonds is 6. The normalized spacial score (nSPS) is 12.1. The minimum absolute atomic E-state index is 0.0952. The molecule has 1 aromatic heterocycles. The molecule has 2 aromatic rings. The summed E-state index contributed by atoms with van der Waals surface area (Å²) in [5.74, 6) is 0.485. The van der Waals surface area contributed by atoms with E-state index < -0.39 is 11.0 Å². The number of aryl methyl sites for hydroxylation is 2. The number of aromatic nitrogens is 2. The lowest BCUT2D eigenvalue weighted by Gasteiger charge is -2.13. The molecule has 0 radical (unpaired) electrons. The number of ether oxygens (including phenoxy) is 1. The van der Waals surface area contributed by atoms with E-state index in [0.717, 1.165) is 5.56 Å². The van der Waals surface area contributed by atoms with Gasteiger partial charge in [-0.3, -0.25) is 0 Å². The molecule has 0 aliphatic carbocycles. The molecule has 7 nitrogen and oxygen atoms in total. The highest BCUT2D eigenvalue weighted by Crippen LogP contribution is 2.17. The first-order valence-corrected chi connectivity index (χ1v) is 6.52. The summed E-state index contributed by atoms with van der Waals surface area (Å²) in [6, 6.07) is 8.88. The van der Waals surface area contributed by atoms with Gasteiger partial charge in [-0.2, -0.15) is 4.68 Å². The second-order valence-corrected chi connectivity index (χ2v) is 4.81. The van der Waals surface area contributed by atoms with Crippen molar-refractivity contribution in [2.24, 2.45) is 0 Å². The lowest BCUT2D eigenvalue weighted by atomic mass is 10.2. The first kappa shape index (κ1) is 15.0. The predicted molar refractivity (Wildman–Crippen MR) is 76.3 cm³/mol. The van der Waals surface area contributed by atoms with E-state index in [4.69, 9.17) is 4.74 Å². The summed E-state index contributed by atoms with van der Waals surface area (Å²) < 4.78 is 6.95. The highest BCUT2D eigenvalue weighted by molar-refractivity contribution is 5.31. The van der Waals surface area contributed by atoms with Gasteiger partial charge >= 0.3 is 5.82 Å². The first-order valence-electron chi connectivity index (χ1n) is 6.52. The van der Waals surface area contributed by atoms with Gasteiger partial charge in [0.25, 0.3) is 0 Å². The van der Waals surface area contributed by atoms with Crippen LogP contribution in [0.5, 0.6) is 5.75 Å². The maximum absolute atomic E-state index is 10.6. The highest BCUT2D eigenvalue weighted by atomic mass is 16.6. The van der Waals surface area contributed by atoms with E-state index >= 15 is 0 Å². The zero-order valence-corrected chi connectivity index (χ0v) is 11.9. The molecule has 0 aliphatic heterocycles. The molecular weight excluding hydrogens is 274 g/mol. The van der Waals surface area contributed by atoms with Gasteiger partial charge in [0.2, 0.25) is 0 Å². The Balaban J connectivity index is 1.94. The molecule has 0 saturated heterocycles. The van der Waals surface area contributed by atoms with Gasteiger partial charge in [-0.05, 0) is 30.4 Å².